The van der Waals surface area contributed by atoms with Gasteiger partial charge in [-0.05, 0) is 24.5 Å². The number of benzene rings is 2. The van der Waals surface area contributed by atoms with Crippen LogP contribution < -0.4 is 5.32 Å². The summed E-state index contributed by atoms with van der Waals surface area (Å²) in [6, 6.07) is 18.4. The molecule has 0 saturated heterocycles. The monoisotopic (exact) mass is 297 g/mol. The molecule has 22 heavy (non-hydrogen) atoms. The first kappa shape index (κ1) is 15.2. The van der Waals surface area contributed by atoms with Crippen molar-refractivity contribution in [1.82, 2.24) is 5.32 Å². The highest BCUT2D eigenvalue weighted by atomic mass is 16.3. The Bertz CT molecular complexity index is 597. The van der Waals surface area contributed by atoms with E-state index >= 15 is 0 Å². The molecule has 3 heteroatoms. The quantitative estimate of drug-likeness (QED) is 0.812. The standard InChI is InChI=1S/C19H23NO2/c1-13-7-9-15(10-8-13)16-11-17(21)19(22)18(16)20-12-14-5-3-2-4-6-14/h2-10,16-22H,11-12H2,1H3. The lowest BCUT2D eigenvalue weighted by atomic mass is 9.92. The molecule has 0 spiro atoms. The third-order valence-corrected chi connectivity index (χ3v) is 4.58. The van der Waals surface area contributed by atoms with Gasteiger partial charge in [-0.15, -0.1) is 0 Å². The fourth-order valence-corrected chi connectivity index (χ4v) is 3.28. The molecule has 4 unspecified atom stereocenters. The third kappa shape index (κ3) is 3.22. The van der Waals surface area contributed by atoms with E-state index in [0.29, 0.717) is 13.0 Å². The molecule has 3 N–H and O–H groups in total. The van der Waals surface area contributed by atoms with Crippen LogP contribution in [0, 0.1) is 6.92 Å². The molecule has 0 amide bonds. The number of aryl methyl sites for hydroxylation is 1. The molecule has 116 valence electrons. The van der Waals surface area contributed by atoms with Crippen LogP contribution in [0.25, 0.3) is 0 Å². The zero-order valence-corrected chi connectivity index (χ0v) is 12.8. The predicted molar refractivity (Wildman–Crippen MR) is 87.6 cm³/mol. The molecule has 0 radical (unpaired) electrons. The van der Waals surface area contributed by atoms with E-state index in [0.717, 1.165) is 0 Å². The molecule has 2 aromatic carbocycles. The number of aliphatic hydroxyl groups excluding tert-OH is 2. The van der Waals surface area contributed by atoms with E-state index in [1.807, 2.05) is 18.2 Å². The van der Waals surface area contributed by atoms with Gasteiger partial charge in [0, 0.05) is 18.5 Å². The summed E-state index contributed by atoms with van der Waals surface area (Å²) in [5.74, 6) is 0.134. The zero-order valence-electron chi connectivity index (χ0n) is 12.8. The van der Waals surface area contributed by atoms with Crippen LogP contribution in [-0.4, -0.2) is 28.5 Å². The molecule has 4 atom stereocenters. The average Bonchev–Trinajstić information content (AvgIpc) is 2.82. The molecule has 0 aromatic heterocycles. The summed E-state index contributed by atoms with van der Waals surface area (Å²) in [4.78, 5) is 0. The van der Waals surface area contributed by atoms with Crippen LogP contribution in [0.1, 0.15) is 29.0 Å². The number of nitrogens with one attached hydrogen (secondary N) is 1. The first-order chi connectivity index (χ1) is 10.6. The summed E-state index contributed by atoms with van der Waals surface area (Å²) >= 11 is 0. The number of rotatable bonds is 4. The van der Waals surface area contributed by atoms with Gasteiger partial charge in [0.2, 0.25) is 0 Å². The normalized spacial score (nSPS) is 28.0. The highest BCUT2D eigenvalue weighted by Crippen LogP contribution is 2.35. The maximum atomic E-state index is 10.3. The lowest BCUT2D eigenvalue weighted by Crippen LogP contribution is -2.41. The first-order valence-electron chi connectivity index (χ1n) is 7.85. The Balaban J connectivity index is 1.75. The van der Waals surface area contributed by atoms with Gasteiger partial charge in [-0.25, -0.2) is 0 Å². The molecule has 1 saturated carbocycles. The van der Waals surface area contributed by atoms with Crippen molar-refractivity contribution in [1.29, 1.82) is 0 Å². The van der Waals surface area contributed by atoms with Crippen molar-refractivity contribution in [2.75, 3.05) is 0 Å². The van der Waals surface area contributed by atoms with E-state index in [9.17, 15) is 10.2 Å². The molecular weight excluding hydrogens is 274 g/mol. The van der Waals surface area contributed by atoms with Gasteiger partial charge in [0.1, 0.15) is 0 Å². The van der Waals surface area contributed by atoms with E-state index in [1.165, 1.54) is 16.7 Å². The van der Waals surface area contributed by atoms with Crippen molar-refractivity contribution in [3.05, 3.63) is 71.3 Å². The molecule has 3 rings (SSSR count). The molecule has 1 aliphatic carbocycles. The van der Waals surface area contributed by atoms with Crippen molar-refractivity contribution in [2.24, 2.45) is 0 Å². The number of aliphatic hydroxyl groups is 2. The summed E-state index contributed by atoms with van der Waals surface area (Å²) < 4.78 is 0. The van der Waals surface area contributed by atoms with E-state index in [2.05, 4.69) is 48.6 Å². The van der Waals surface area contributed by atoms with E-state index in [-0.39, 0.29) is 12.0 Å². The van der Waals surface area contributed by atoms with Gasteiger partial charge in [0.15, 0.2) is 0 Å². The fraction of sp³-hybridized carbons (Fsp3) is 0.368. The van der Waals surface area contributed by atoms with Gasteiger partial charge in [0.05, 0.1) is 12.2 Å². The fourth-order valence-electron chi connectivity index (χ4n) is 3.28. The smallest absolute Gasteiger partial charge is 0.0957 e. The molecule has 0 aliphatic heterocycles. The van der Waals surface area contributed by atoms with Crippen LogP contribution in [0.5, 0.6) is 0 Å². The Labute approximate surface area is 131 Å². The van der Waals surface area contributed by atoms with E-state index < -0.39 is 12.2 Å². The van der Waals surface area contributed by atoms with Gasteiger partial charge in [-0.2, -0.15) is 0 Å². The van der Waals surface area contributed by atoms with Crippen LogP contribution >= 0.6 is 0 Å². The maximum Gasteiger partial charge on any atom is 0.0957 e. The average molecular weight is 297 g/mol. The number of hydrogen-bond acceptors (Lipinski definition) is 3. The molecule has 0 bridgehead atoms. The summed E-state index contributed by atoms with van der Waals surface area (Å²) in [5, 5.41) is 23.8. The lowest BCUT2D eigenvalue weighted by Gasteiger charge is -2.24. The lowest BCUT2D eigenvalue weighted by molar-refractivity contribution is 0.0297. The highest BCUT2D eigenvalue weighted by molar-refractivity contribution is 5.28. The van der Waals surface area contributed by atoms with Crippen LogP contribution in [0.2, 0.25) is 0 Å². The summed E-state index contributed by atoms with van der Waals surface area (Å²) in [5.41, 5.74) is 3.57. The Morgan fingerprint density at radius 1 is 1.00 bits per heavy atom. The van der Waals surface area contributed by atoms with E-state index in [1.54, 1.807) is 0 Å². The molecule has 0 heterocycles. The van der Waals surface area contributed by atoms with Crippen LogP contribution in [0.4, 0.5) is 0 Å². The minimum atomic E-state index is -0.727. The number of hydrogen-bond donors (Lipinski definition) is 3. The summed E-state index contributed by atoms with van der Waals surface area (Å²) in [7, 11) is 0. The molecular formula is C19H23NO2. The van der Waals surface area contributed by atoms with Gasteiger partial charge >= 0.3 is 0 Å². The largest absolute Gasteiger partial charge is 0.390 e. The van der Waals surface area contributed by atoms with Crippen LogP contribution in [-0.2, 0) is 6.54 Å². The molecule has 1 aliphatic rings. The summed E-state index contributed by atoms with van der Waals surface area (Å²) in [6.45, 7) is 2.75. The highest BCUT2D eigenvalue weighted by Gasteiger charge is 2.41. The second kappa shape index (κ2) is 6.61. The predicted octanol–water partition coefficient (Wildman–Crippen LogP) is 2.36. The van der Waals surface area contributed by atoms with E-state index in [4.69, 9.17) is 0 Å². The SMILES string of the molecule is Cc1ccc(C2CC(O)C(O)C2NCc2ccccc2)cc1. The van der Waals surface area contributed by atoms with Gasteiger partial charge in [0.25, 0.3) is 0 Å². The van der Waals surface area contributed by atoms with Crippen molar-refractivity contribution in [2.45, 2.75) is 44.1 Å². The van der Waals surface area contributed by atoms with Gasteiger partial charge in [-0.1, -0.05) is 60.2 Å². The van der Waals surface area contributed by atoms with Crippen molar-refractivity contribution in [3.63, 3.8) is 0 Å². The Morgan fingerprint density at radius 3 is 2.36 bits per heavy atom. The first-order valence-corrected chi connectivity index (χ1v) is 7.85. The topological polar surface area (TPSA) is 52.5 Å². The minimum Gasteiger partial charge on any atom is -0.390 e. The Morgan fingerprint density at radius 2 is 1.68 bits per heavy atom. The van der Waals surface area contributed by atoms with Crippen molar-refractivity contribution >= 4 is 0 Å². The third-order valence-electron chi connectivity index (χ3n) is 4.58. The Kier molecular flexibility index (Phi) is 4.57. The zero-order chi connectivity index (χ0) is 15.5. The second-order valence-electron chi connectivity index (χ2n) is 6.20. The molecule has 2 aromatic rings. The van der Waals surface area contributed by atoms with Crippen molar-refractivity contribution < 1.29 is 10.2 Å². The molecule has 1 fully saturated rings. The van der Waals surface area contributed by atoms with Gasteiger partial charge in [-0.3, -0.25) is 0 Å². The van der Waals surface area contributed by atoms with Crippen molar-refractivity contribution in [3.8, 4) is 0 Å². The second-order valence-corrected chi connectivity index (χ2v) is 6.20. The van der Waals surface area contributed by atoms with Crippen LogP contribution in [0.15, 0.2) is 54.6 Å². The Hall–Kier alpha value is -1.68. The maximum absolute atomic E-state index is 10.3. The summed E-state index contributed by atoms with van der Waals surface area (Å²) in [6.07, 6.45) is -0.800. The molecule has 3 nitrogen and oxygen atoms in total. The van der Waals surface area contributed by atoms with Crippen LogP contribution in [0.3, 0.4) is 0 Å². The minimum absolute atomic E-state index is 0.127. The van der Waals surface area contributed by atoms with Gasteiger partial charge < -0.3 is 15.5 Å².